The van der Waals surface area contributed by atoms with E-state index < -0.39 is 0 Å². The van der Waals surface area contributed by atoms with Gasteiger partial charge in [0.1, 0.15) is 11.4 Å². The van der Waals surface area contributed by atoms with Gasteiger partial charge in [-0.2, -0.15) is 5.10 Å². The molecule has 0 bridgehead atoms. The topological polar surface area (TPSA) is 81.9 Å². The molecule has 0 atom stereocenters. The van der Waals surface area contributed by atoms with Crippen LogP contribution >= 0.6 is 11.6 Å². The second-order valence-electron chi connectivity index (χ2n) is 6.78. The standard InChI is InChI=1S/C21H19ClN4O3/c1-12-16(11-18-20(27)24-25(2)23-18)17-10-15(29-3)8-9-19(17)26(12)21(28)13-4-6-14(22)7-5-13/h4-10H,11H2,1-3H3,(H,24,27). The number of carbonyl (C=O) groups is 1. The Labute approximate surface area is 171 Å². The van der Waals surface area contributed by atoms with Crippen molar-refractivity contribution in [3.8, 4) is 5.75 Å². The molecule has 2 heterocycles. The van der Waals surface area contributed by atoms with Crippen LogP contribution in [-0.2, 0) is 13.5 Å². The first kappa shape index (κ1) is 19.0. The van der Waals surface area contributed by atoms with Crippen molar-refractivity contribution in [2.24, 2.45) is 7.05 Å². The van der Waals surface area contributed by atoms with E-state index >= 15 is 0 Å². The highest BCUT2D eigenvalue weighted by molar-refractivity contribution is 6.30. The summed E-state index contributed by atoms with van der Waals surface area (Å²) >= 11 is 5.96. The molecular formula is C21H19ClN4O3. The van der Waals surface area contributed by atoms with Crippen LogP contribution in [0.2, 0.25) is 5.02 Å². The fraction of sp³-hybridized carbons (Fsp3) is 0.190. The Kier molecular flexibility index (Phi) is 4.76. The van der Waals surface area contributed by atoms with Crippen LogP contribution in [0.3, 0.4) is 0 Å². The van der Waals surface area contributed by atoms with Gasteiger partial charge in [0.2, 0.25) is 0 Å². The Bertz CT molecular complexity index is 1280. The minimum atomic E-state index is -0.250. The van der Waals surface area contributed by atoms with Crippen molar-refractivity contribution in [2.45, 2.75) is 13.3 Å². The Morgan fingerprint density at radius 2 is 1.93 bits per heavy atom. The molecule has 0 aliphatic rings. The number of methoxy groups -OCH3 is 1. The minimum Gasteiger partial charge on any atom is -0.497 e. The first-order chi connectivity index (χ1) is 13.9. The number of carbonyl (C=O) groups excluding carboxylic acids is 1. The molecule has 1 N–H and O–H groups in total. The third-order valence-corrected chi connectivity index (χ3v) is 5.23. The summed E-state index contributed by atoms with van der Waals surface area (Å²) in [4.78, 5) is 26.8. The average Bonchev–Trinajstić information content (AvgIpc) is 3.17. The fourth-order valence-corrected chi connectivity index (χ4v) is 3.67. The van der Waals surface area contributed by atoms with Gasteiger partial charge >= 0.3 is 0 Å². The number of hydrogen-bond donors (Lipinski definition) is 1. The summed E-state index contributed by atoms with van der Waals surface area (Å²) in [6, 6.07) is 12.3. The first-order valence-corrected chi connectivity index (χ1v) is 9.37. The van der Waals surface area contributed by atoms with Gasteiger partial charge in [-0.1, -0.05) is 11.6 Å². The number of hydrogen-bond acceptors (Lipinski definition) is 4. The summed E-state index contributed by atoms with van der Waals surface area (Å²) in [6.45, 7) is 1.87. The molecule has 148 valence electrons. The summed E-state index contributed by atoms with van der Waals surface area (Å²) in [5.74, 6) is 0.500. The van der Waals surface area contributed by atoms with Crippen molar-refractivity contribution >= 4 is 28.4 Å². The number of nitrogens with one attached hydrogen (secondary N) is 1. The van der Waals surface area contributed by atoms with E-state index in [4.69, 9.17) is 16.3 Å². The van der Waals surface area contributed by atoms with Crippen molar-refractivity contribution in [1.82, 2.24) is 19.6 Å². The molecule has 0 spiro atoms. The van der Waals surface area contributed by atoms with Gasteiger partial charge in [-0.25, -0.2) is 9.90 Å². The number of fused-ring (bicyclic) bond motifs is 1. The number of benzene rings is 2. The number of aromatic amines is 1. The van der Waals surface area contributed by atoms with Crippen LogP contribution in [0.4, 0.5) is 0 Å². The number of aryl methyl sites for hydroxylation is 1. The molecule has 0 saturated heterocycles. The molecule has 8 heteroatoms. The average molecular weight is 411 g/mol. The number of halogens is 1. The Morgan fingerprint density at radius 3 is 2.55 bits per heavy atom. The van der Waals surface area contributed by atoms with Crippen LogP contribution in [0.5, 0.6) is 5.75 Å². The number of nitrogens with zero attached hydrogens (tertiary/aromatic N) is 3. The van der Waals surface area contributed by atoms with E-state index in [-0.39, 0.29) is 11.5 Å². The molecule has 0 amide bonds. The molecule has 0 unspecified atom stereocenters. The van der Waals surface area contributed by atoms with Crippen LogP contribution in [0.1, 0.15) is 27.3 Å². The molecule has 2 aromatic heterocycles. The third-order valence-electron chi connectivity index (χ3n) is 4.98. The number of ether oxygens (including phenoxy) is 1. The molecule has 4 rings (SSSR count). The van der Waals surface area contributed by atoms with Crippen molar-refractivity contribution in [3.63, 3.8) is 0 Å². The Morgan fingerprint density at radius 1 is 1.21 bits per heavy atom. The number of aromatic nitrogens is 4. The van der Waals surface area contributed by atoms with Gasteiger partial charge < -0.3 is 4.74 Å². The van der Waals surface area contributed by atoms with E-state index in [1.807, 2.05) is 25.1 Å². The Hall–Kier alpha value is -3.32. The zero-order chi connectivity index (χ0) is 20.7. The lowest BCUT2D eigenvalue weighted by atomic mass is 10.1. The third kappa shape index (κ3) is 3.34. The zero-order valence-electron chi connectivity index (χ0n) is 16.2. The van der Waals surface area contributed by atoms with Crippen LogP contribution in [0, 0.1) is 6.92 Å². The molecule has 0 radical (unpaired) electrons. The van der Waals surface area contributed by atoms with Crippen molar-refractivity contribution in [2.75, 3.05) is 7.11 Å². The molecule has 0 aliphatic carbocycles. The minimum absolute atomic E-state index is 0.171. The van der Waals surface area contributed by atoms with Gasteiger partial charge in [-0.05, 0) is 55.0 Å². The second kappa shape index (κ2) is 7.25. The van der Waals surface area contributed by atoms with Crippen LogP contribution in [-0.4, -0.2) is 32.6 Å². The van der Waals surface area contributed by atoms with Crippen molar-refractivity contribution < 1.29 is 9.53 Å². The monoisotopic (exact) mass is 410 g/mol. The lowest BCUT2D eigenvalue weighted by Gasteiger charge is -2.08. The maximum Gasteiger partial charge on any atom is 0.287 e. The summed E-state index contributed by atoms with van der Waals surface area (Å²) in [5, 5.41) is 8.25. The van der Waals surface area contributed by atoms with Crippen LogP contribution in [0.15, 0.2) is 47.3 Å². The van der Waals surface area contributed by atoms with Gasteiger partial charge in [0.15, 0.2) is 0 Å². The zero-order valence-corrected chi connectivity index (χ0v) is 16.9. The van der Waals surface area contributed by atoms with Crippen LogP contribution < -0.4 is 10.3 Å². The van der Waals surface area contributed by atoms with E-state index in [2.05, 4.69) is 10.2 Å². The fourth-order valence-electron chi connectivity index (χ4n) is 3.54. The largest absolute Gasteiger partial charge is 0.497 e. The summed E-state index contributed by atoms with van der Waals surface area (Å²) in [6.07, 6.45) is 0.298. The highest BCUT2D eigenvalue weighted by Gasteiger charge is 2.22. The van der Waals surface area contributed by atoms with Crippen LogP contribution in [0.25, 0.3) is 10.9 Å². The number of H-pyrrole nitrogens is 1. The van der Waals surface area contributed by atoms with Gasteiger partial charge in [-0.3, -0.25) is 14.2 Å². The van der Waals surface area contributed by atoms with E-state index in [1.165, 1.54) is 4.80 Å². The van der Waals surface area contributed by atoms with Crippen molar-refractivity contribution in [3.05, 3.63) is 80.4 Å². The molecule has 7 nitrogen and oxygen atoms in total. The summed E-state index contributed by atoms with van der Waals surface area (Å²) in [5.41, 5.74) is 3.00. The highest BCUT2D eigenvalue weighted by Crippen LogP contribution is 2.31. The normalized spacial score (nSPS) is 11.2. The highest BCUT2D eigenvalue weighted by atomic mass is 35.5. The maximum absolute atomic E-state index is 13.3. The lowest BCUT2D eigenvalue weighted by molar-refractivity contribution is 0.0963. The lowest BCUT2D eigenvalue weighted by Crippen LogP contribution is -2.14. The van der Waals surface area contributed by atoms with Crippen molar-refractivity contribution in [1.29, 1.82) is 0 Å². The molecule has 0 saturated carbocycles. The molecule has 2 aromatic carbocycles. The molecular weight excluding hydrogens is 392 g/mol. The van der Waals surface area contributed by atoms with E-state index in [0.717, 1.165) is 22.2 Å². The Balaban J connectivity index is 1.92. The van der Waals surface area contributed by atoms with Gasteiger partial charge in [0, 0.05) is 35.1 Å². The summed E-state index contributed by atoms with van der Waals surface area (Å²) in [7, 11) is 3.25. The molecule has 0 aliphatic heterocycles. The van der Waals surface area contributed by atoms with Gasteiger partial charge in [0.25, 0.3) is 11.5 Å². The number of rotatable bonds is 4. The predicted molar refractivity (Wildman–Crippen MR) is 111 cm³/mol. The quantitative estimate of drug-likeness (QED) is 0.559. The van der Waals surface area contributed by atoms with E-state index in [9.17, 15) is 9.59 Å². The predicted octanol–water partition coefficient (Wildman–Crippen LogP) is 3.31. The second-order valence-corrected chi connectivity index (χ2v) is 7.22. The first-order valence-electron chi connectivity index (χ1n) is 8.99. The molecule has 0 fully saturated rings. The van der Waals surface area contributed by atoms with E-state index in [0.29, 0.717) is 28.5 Å². The molecule has 4 aromatic rings. The summed E-state index contributed by atoms with van der Waals surface area (Å²) < 4.78 is 7.02. The SMILES string of the molecule is COc1ccc2c(c1)c(Cc1nn(C)[nH]c1=O)c(C)n2C(=O)c1ccc(Cl)cc1. The van der Waals surface area contributed by atoms with E-state index in [1.54, 1.807) is 43.0 Å². The maximum atomic E-state index is 13.3. The van der Waals surface area contributed by atoms with Gasteiger partial charge in [0.05, 0.1) is 12.6 Å². The molecule has 29 heavy (non-hydrogen) atoms. The van der Waals surface area contributed by atoms with Gasteiger partial charge in [-0.15, -0.1) is 0 Å². The smallest absolute Gasteiger partial charge is 0.287 e.